The topological polar surface area (TPSA) is 152 Å². The molecule has 9 atom stereocenters. The lowest BCUT2D eigenvalue weighted by molar-refractivity contribution is -0.700. The van der Waals surface area contributed by atoms with Gasteiger partial charge in [0.25, 0.3) is 5.60 Å². The molecule has 9 heteroatoms. The third kappa shape index (κ3) is 6.49. The fraction of sp³-hybridized carbons (Fsp3) is 0.872. The van der Waals surface area contributed by atoms with E-state index in [9.17, 15) is 19.5 Å². The van der Waals surface area contributed by atoms with Crippen molar-refractivity contribution in [1.29, 1.82) is 0 Å². The average Bonchev–Trinajstić information content (AvgIpc) is 3.81. The van der Waals surface area contributed by atoms with Crippen LogP contribution in [0.4, 0.5) is 0 Å². The van der Waals surface area contributed by atoms with Crippen molar-refractivity contribution < 1.29 is 39.6 Å². The molecule has 0 aromatic carbocycles. The van der Waals surface area contributed by atoms with Gasteiger partial charge in [0.2, 0.25) is 0 Å². The van der Waals surface area contributed by atoms with Gasteiger partial charge in [0, 0.05) is 37.0 Å². The standard InChI is InChI=1S/C39H63N3O6/c1-4-26-13-14-32(41-5-2)27(19-26)24-47-36(46)39-35(45)31-12-8-7-11-30(31)34(44)38(39,48-39)22-28(23-43)25(3)21-37(16-9-6-10-17-37)29-15-18-42-33(40)20-29/h26-27,29-33,41-43H,4-24,40H2,1-3H3/p+2. The number of nitrogens with two attached hydrogens (primary N) is 3. The number of hydrogen-bond donors (Lipinski definition) is 4. The Morgan fingerprint density at radius 3 is 2.38 bits per heavy atom. The summed E-state index contributed by atoms with van der Waals surface area (Å²) in [5, 5.41) is 15.5. The van der Waals surface area contributed by atoms with E-state index in [1.165, 1.54) is 25.7 Å². The largest absolute Gasteiger partial charge is 0.463 e. The molecule has 4 saturated carbocycles. The lowest BCUT2D eigenvalue weighted by atomic mass is 9.59. The minimum Gasteiger partial charge on any atom is -0.463 e. The Bertz CT molecular complexity index is 1230. The first kappa shape index (κ1) is 36.2. The van der Waals surface area contributed by atoms with E-state index in [4.69, 9.17) is 15.2 Å². The van der Waals surface area contributed by atoms with Crippen LogP contribution in [0.3, 0.4) is 0 Å². The van der Waals surface area contributed by atoms with Crippen LogP contribution < -0.4 is 16.4 Å². The summed E-state index contributed by atoms with van der Waals surface area (Å²) < 4.78 is 12.5. The summed E-state index contributed by atoms with van der Waals surface area (Å²) in [6, 6.07) is 0.384. The van der Waals surface area contributed by atoms with Crippen LogP contribution in [0, 0.1) is 35.0 Å². The lowest BCUT2D eigenvalue weighted by Gasteiger charge is -2.46. The summed E-state index contributed by atoms with van der Waals surface area (Å²) in [6.07, 6.45) is 16.6. The molecule has 0 bridgehead atoms. The molecule has 2 heterocycles. The SMILES string of the molecule is CC[NH2+]C1CCC(CC)CC1COC(=O)C12OC1(CC(CO)=C(C)CC1(C3CC[NH2+]C(N)C3)CCCCC1)C(=O)C1CCCCC1C2=O. The first-order valence-corrected chi connectivity index (χ1v) is 19.8. The van der Waals surface area contributed by atoms with Crippen LogP contribution in [0.25, 0.3) is 0 Å². The zero-order chi connectivity index (χ0) is 34.1. The number of esters is 1. The van der Waals surface area contributed by atoms with E-state index in [0.29, 0.717) is 30.7 Å². The zero-order valence-corrected chi connectivity index (χ0v) is 30.1. The number of quaternary nitrogens is 2. The molecule has 0 radical (unpaired) electrons. The van der Waals surface area contributed by atoms with Gasteiger partial charge >= 0.3 is 5.97 Å². The second-order valence-corrected chi connectivity index (χ2v) is 16.8. The summed E-state index contributed by atoms with van der Waals surface area (Å²) in [4.78, 5) is 43.2. The van der Waals surface area contributed by atoms with Gasteiger partial charge in [-0.1, -0.05) is 51.0 Å². The lowest BCUT2D eigenvalue weighted by Crippen LogP contribution is -2.95. The predicted molar refractivity (Wildman–Crippen MR) is 182 cm³/mol. The fourth-order valence-electron chi connectivity index (χ4n) is 11.3. The number of aliphatic hydroxyl groups is 1. The van der Waals surface area contributed by atoms with Gasteiger partial charge in [0.15, 0.2) is 17.2 Å². The van der Waals surface area contributed by atoms with Crippen LogP contribution in [0.15, 0.2) is 11.1 Å². The maximum absolute atomic E-state index is 14.5. The highest BCUT2D eigenvalue weighted by atomic mass is 16.7. The molecule has 270 valence electrons. The van der Waals surface area contributed by atoms with Crippen molar-refractivity contribution in [3.8, 4) is 0 Å². The van der Waals surface area contributed by atoms with Crippen molar-refractivity contribution in [2.45, 2.75) is 153 Å². The number of aliphatic hydroxyl groups excluding tert-OH is 1. The molecule has 6 aliphatic rings. The minimum absolute atomic E-state index is 0.0832. The van der Waals surface area contributed by atoms with Crippen molar-refractivity contribution in [3.05, 3.63) is 11.1 Å². The number of allylic oxidation sites excluding steroid dienone is 1. The van der Waals surface area contributed by atoms with Crippen molar-refractivity contribution in [2.75, 3.05) is 26.3 Å². The quantitative estimate of drug-likeness (QED) is 0.108. The van der Waals surface area contributed by atoms with Crippen molar-refractivity contribution in [3.63, 3.8) is 0 Å². The normalized spacial score (nSPS) is 40.0. The molecule has 9 unspecified atom stereocenters. The number of piperidine rings is 1. The summed E-state index contributed by atoms with van der Waals surface area (Å²) >= 11 is 0. The second kappa shape index (κ2) is 14.9. The monoisotopic (exact) mass is 671 g/mol. The maximum atomic E-state index is 14.5. The average molecular weight is 672 g/mol. The number of rotatable bonds is 12. The molecule has 0 spiro atoms. The molecule has 6 rings (SSSR count). The third-order valence-electron chi connectivity index (χ3n) is 14.2. The molecule has 4 aliphatic carbocycles. The Labute approximate surface area is 288 Å². The Morgan fingerprint density at radius 1 is 0.979 bits per heavy atom. The Kier molecular flexibility index (Phi) is 11.2. The Hall–Kier alpha value is -1.65. The highest BCUT2D eigenvalue weighted by Crippen LogP contribution is 2.62. The third-order valence-corrected chi connectivity index (χ3v) is 14.2. The molecule has 2 saturated heterocycles. The second-order valence-electron chi connectivity index (χ2n) is 16.8. The maximum Gasteiger partial charge on any atom is 0.350 e. The summed E-state index contributed by atoms with van der Waals surface area (Å²) in [7, 11) is 0. The highest BCUT2D eigenvalue weighted by Gasteiger charge is 2.87. The van der Waals surface area contributed by atoms with E-state index < -0.39 is 29.0 Å². The van der Waals surface area contributed by atoms with Gasteiger partial charge in [-0.25, -0.2) is 4.79 Å². The van der Waals surface area contributed by atoms with E-state index in [-0.39, 0.29) is 48.7 Å². The highest BCUT2D eigenvalue weighted by molar-refractivity contribution is 6.23. The zero-order valence-electron chi connectivity index (χ0n) is 30.1. The van der Waals surface area contributed by atoms with Gasteiger partial charge in [0.05, 0.1) is 32.3 Å². The molecule has 2 aliphatic heterocycles. The molecule has 9 nitrogen and oxygen atoms in total. The molecule has 0 amide bonds. The van der Waals surface area contributed by atoms with E-state index in [1.54, 1.807) is 0 Å². The smallest absolute Gasteiger partial charge is 0.350 e. The van der Waals surface area contributed by atoms with E-state index in [1.807, 2.05) is 0 Å². The molecule has 48 heavy (non-hydrogen) atoms. The van der Waals surface area contributed by atoms with E-state index in [0.717, 1.165) is 88.4 Å². The van der Waals surface area contributed by atoms with Gasteiger partial charge in [0.1, 0.15) is 6.17 Å². The van der Waals surface area contributed by atoms with Crippen LogP contribution in [0.1, 0.15) is 130 Å². The molecule has 0 aromatic rings. The van der Waals surface area contributed by atoms with Crippen LogP contribution in [0.5, 0.6) is 0 Å². The van der Waals surface area contributed by atoms with E-state index in [2.05, 4.69) is 31.4 Å². The van der Waals surface area contributed by atoms with Gasteiger partial charge in [-0.15, -0.1) is 0 Å². The number of ketones is 2. The predicted octanol–water partition coefficient (Wildman–Crippen LogP) is 3.07. The van der Waals surface area contributed by atoms with Crippen LogP contribution in [-0.2, 0) is 23.9 Å². The van der Waals surface area contributed by atoms with Crippen LogP contribution >= 0.6 is 0 Å². The summed E-state index contributed by atoms with van der Waals surface area (Å²) in [5.41, 5.74) is 4.92. The van der Waals surface area contributed by atoms with Gasteiger partial charge in [-0.2, -0.15) is 0 Å². The Balaban J connectivity index is 1.27. The molecule has 0 aromatic heterocycles. The van der Waals surface area contributed by atoms with Gasteiger partial charge in [-0.3, -0.25) is 15.3 Å². The Morgan fingerprint density at radius 2 is 1.71 bits per heavy atom. The van der Waals surface area contributed by atoms with Gasteiger partial charge in [-0.05, 0) is 88.0 Å². The van der Waals surface area contributed by atoms with Crippen LogP contribution in [-0.4, -0.2) is 72.4 Å². The number of hydrogen-bond acceptors (Lipinski definition) is 7. The van der Waals surface area contributed by atoms with Crippen LogP contribution in [0.2, 0.25) is 0 Å². The van der Waals surface area contributed by atoms with Crippen molar-refractivity contribution in [1.82, 2.24) is 0 Å². The first-order chi connectivity index (χ1) is 23.1. The van der Waals surface area contributed by atoms with Crippen molar-refractivity contribution >= 4 is 17.5 Å². The van der Waals surface area contributed by atoms with E-state index >= 15 is 0 Å². The fourth-order valence-corrected chi connectivity index (χ4v) is 11.3. The summed E-state index contributed by atoms with van der Waals surface area (Å²) in [6.45, 7) is 8.51. The molecular formula is C39H65N3O6+2. The number of carbonyl (C=O) groups excluding carboxylic acids is 3. The molecular weight excluding hydrogens is 606 g/mol. The van der Waals surface area contributed by atoms with Crippen molar-refractivity contribution in [2.24, 2.45) is 40.7 Å². The molecule has 7 N–H and O–H groups in total. The molecule has 6 fully saturated rings. The number of Topliss-reactive ketones (excluding diaryl/α,β-unsaturated/α-hetero) is 2. The number of fused-ring (bicyclic) bond motifs is 2. The number of epoxide rings is 1. The minimum atomic E-state index is -1.89. The number of ether oxygens (including phenoxy) is 2. The van der Waals surface area contributed by atoms with Gasteiger partial charge < -0.3 is 25.2 Å². The summed E-state index contributed by atoms with van der Waals surface area (Å²) in [5.74, 6) is -0.619. The number of carbonyl (C=O) groups is 3. The first-order valence-electron chi connectivity index (χ1n) is 19.8.